The van der Waals surface area contributed by atoms with Crippen LogP contribution in [0.4, 0.5) is 0 Å². The highest BCUT2D eigenvalue weighted by molar-refractivity contribution is 9.10. The molecule has 7 heteroatoms. The Morgan fingerprint density at radius 1 is 1.25 bits per heavy atom. The van der Waals surface area contributed by atoms with Gasteiger partial charge in [0.2, 0.25) is 0 Å². The summed E-state index contributed by atoms with van der Waals surface area (Å²) in [4.78, 5) is 4.86. The number of rotatable bonds is 4. The second kappa shape index (κ2) is 6.69. The fourth-order valence-electron chi connectivity index (χ4n) is 2.03. The van der Waals surface area contributed by atoms with Crippen molar-refractivity contribution in [3.05, 3.63) is 28.7 Å². The molecule has 1 N–H and O–H groups in total. The van der Waals surface area contributed by atoms with Crippen LogP contribution in [0.3, 0.4) is 0 Å². The van der Waals surface area contributed by atoms with Crippen LogP contribution in [0.15, 0.2) is 38.7 Å². The summed E-state index contributed by atoms with van der Waals surface area (Å²) < 4.78 is 25.0. The van der Waals surface area contributed by atoms with Crippen LogP contribution in [-0.4, -0.2) is 38.7 Å². The number of halogens is 1. The first-order valence-electron chi connectivity index (χ1n) is 6.56. The SMILES string of the molecule is CCN1CCC(=NNS(=O)(=O)c2ccc(Br)cc2)CC1. The van der Waals surface area contributed by atoms with Gasteiger partial charge in [-0.2, -0.15) is 13.5 Å². The van der Waals surface area contributed by atoms with Gasteiger partial charge < -0.3 is 4.90 Å². The van der Waals surface area contributed by atoms with E-state index in [4.69, 9.17) is 0 Å². The van der Waals surface area contributed by atoms with Crippen molar-refractivity contribution < 1.29 is 8.42 Å². The summed E-state index contributed by atoms with van der Waals surface area (Å²) >= 11 is 3.28. The lowest BCUT2D eigenvalue weighted by Crippen LogP contribution is -2.34. The molecule has 0 bridgehead atoms. The van der Waals surface area contributed by atoms with Crippen LogP contribution in [0.25, 0.3) is 0 Å². The molecule has 0 radical (unpaired) electrons. The van der Waals surface area contributed by atoms with Gasteiger partial charge in [0.15, 0.2) is 0 Å². The van der Waals surface area contributed by atoms with Crippen molar-refractivity contribution in [3.63, 3.8) is 0 Å². The minimum Gasteiger partial charge on any atom is -0.303 e. The monoisotopic (exact) mass is 359 g/mol. The number of hydrazone groups is 1. The molecule has 110 valence electrons. The van der Waals surface area contributed by atoms with Gasteiger partial charge in [-0.1, -0.05) is 22.9 Å². The summed E-state index contributed by atoms with van der Waals surface area (Å²) in [7, 11) is -3.57. The molecule has 20 heavy (non-hydrogen) atoms. The van der Waals surface area contributed by atoms with Crippen LogP contribution >= 0.6 is 15.9 Å². The molecular weight excluding hydrogens is 342 g/mol. The topological polar surface area (TPSA) is 61.8 Å². The molecular formula is C13H18BrN3O2S. The Balaban J connectivity index is 2.01. The van der Waals surface area contributed by atoms with Crippen molar-refractivity contribution in [1.82, 2.24) is 9.73 Å². The Bertz CT molecular complexity index is 574. The molecule has 1 heterocycles. The van der Waals surface area contributed by atoms with Gasteiger partial charge in [-0.05, 0) is 30.8 Å². The van der Waals surface area contributed by atoms with Crippen LogP contribution in [-0.2, 0) is 10.0 Å². The first-order chi connectivity index (χ1) is 9.51. The third-order valence-corrected chi connectivity index (χ3v) is 5.08. The third kappa shape index (κ3) is 4.04. The summed E-state index contributed by atoms with van der Waals surface area (Å²) in [6, 6.07) is 6.49. The van der Waals surface area contributed by atoms with Crippen LogP contribution in [0, 0.1) is 0 Å². The van der Waals surface area contributed by atoms with Crippen molar-refractivity contribution >= 4 is 31.7 Å². The molecule has 5 nitrogen and oxygen atoms in total. The smallest absolute Gasteiger partial charge is 0.276 e. The van der Waals surface area contributed by atoms with Gasteiger partial charge in [0.05, 0.1) is 4.90 Å². The maximum Gasteiger partial charge on any atom is 0.276 e. The number of nitrogens with one attached hydrogen (secondary N) is 1. The Hall–Kier alpha value is -0.920. The van der Waals surface area contributed by atoms with Crippen molar-refractivity contribution in [1.29, 1.82) is 0 Å². The molecule has 0 aromatic heterocycles. The molecule has 2 rings (SSSR count). The molecule has 0 amide bonds. The zero-order valence-electron chi connectivity index (χ0n) is 11.3. The molecule has 0 spiro atoms. The Kier molecular flexibility index (Phi) is 5.17. The lowest BCUT2D eigenvalue weighted by Gasteiger charge is -2.25. The molecule has 1 aromatic rings. The number of benzene rings is 1. The van der Waals surface area contributed by atoms with Crippen molar-refractivity contribution in [3.8, 4) is 0 Å². The average Bonchev–Trinajstić information content (AvgIpc) is 2.46. The van der Waals surface area contributed by atoms with Gasteiger partial charge in [0.1, 0.15) is 0 Å². The highest BCUT2D eigenvalue weighted by atomic mass is 79.9. The molecule has 1 aliphatic rings. The van der Waals surface area contributed by atoms with E-state index in [0.717, 1.165) is 42.7 Å². The quantitative estimate of drug-likeness (QED) is 0.838. The molecule has 0 saturated carbocycles. The van der Waals surface area contributed by atoms with E-state index < -0.39 is 10.0 Å². The lowest BCUT2D eigenvalue weighted by atomic mass is 10.1. The zero-order valence-corrected chi connectivity index (χ0v) is 13.7. The molecule has 1 aliphatic heterocycles. The first-order valence-corrected chi connectivity index (χ1v) is 8.84. The fraction of sp³-hybridized carbons (Fsp3) is 0.462. The van der Waals surface area contributed by atoms with Crippen molar-refractivity contribution in [2.24, 2.45) is 5.10 Å². The van der Waals surface area contributed by atoms with Crippen LogP contribution in [0.2, 0.25) is 0 Å². The summed E-state index contributed by atoms with van der Waals surface area (Å²) in [5.74, 6) is 0. The molecule has 1 fully saturated rings. The lowest BCUT2D eigenvalue weighted by molar-refractivity contribution is 0.289. The van der Waals surface area contributed by atoms with Gasteiger partial charge >= 0.3 is 0 Å². The fourth-order valence-corrected chi connectivity index (χ4v) is 3.14. The second-order valence-corrected chi connectivity index (χ2v) is 7.24. The number of likely N-dealkylation sites (tertiary alicyclic amines) is 1. The van der Waals surface area contributed by atoms with E-state index in [2.05, 4.69) is 37.7 Å². The predicted molar refractivity (Wildman–Crippen MR) is 83.2 cm³/mol. The van der Waals surface area contributed by atoms with Crippen molar-refractivity contribution in [2.75, 3.05) is 19.6 Å². The van der Waals surface area contributed by atoms with E-state index in [1.165, 1.54) is 0 Å². The molecule has 0 unspecified atom stereocenters. The van der Waals surface area contributed by atoms with Crippen molar-refractivity contribution in [2.45, 2.75) is 24.7 Å². The average molecular weight is 360 g/mol. The maximum atomic E-state index is 12.1. The van der Waals surface area contributed by atoms with Crippen LogP contribution in [0.5, 0.6) is 0 Å². The minimum absolute atomic E-state index is 0.219. The Morgan fingerprint density at radius 2 is 1.85 bits per heavy atom. The van der Waals surface area contributed by atoms with Gasteiger partial charge in [-0.25, -0.2) is 4.83 Å². The predicted octanol–water partition coefficient (Wildman–Crippen LogP) is 2.20. The second-order valence-electron chi connectivity index (χ2n) is 4.66. The number of nitrogens with zero attached hydrogens (tertiary/aromatic N) is 2. The van der Waals surface area contributed by atoms with E-state index in [0.29, 0.717) is 0 Å². The molecule has 1 aromatic carbocycles. The van der Waals surface area contributed by atoms with E-state index >= 15 is 0 Å². The van der Waals surface area contributed by atoms with E-state index in [1.54, 1.807) is 24.3 Å². The van der Waals surface area contributed by atoms with Gasteiger partial charge in [-0.15, -0.1) is 0 Å². The molecule has 0 atom stereocenters. The largest absolute Gasteiger partial charge is 0.303 e. The summed E-state index contributed by atoms with van der Waals surface area (Å²) in [6.45, 7) is 5.03. The number of sulfonamides is 1. The number of hydrogen-bond donors (Lipinski definition) is 1. The maximum absolute atomic E-state index is 12.1. The molecule has 1 saturated heterocycles. The standard InChI is InChI=1S/C13H18BrN3O2S/c1-2-17-9-7-12(8-10-17)15-16-20(18,19)13-5-3-11(14)4-6-13/h3-6,16H,2,7-10H2,1H3. The summed E-state index contributed by atoms with van der Waals surface area (Å²) in [5, 5.41) is 4.06. The third-order valence-electron chi connectivity index (χ3n) is 3.33. The van der Waals surface area contributed by atoms with Gasteiger partial charge in [-0.3, -0.25) is 0 Å². The highest BCUT2D eigenvalue weighted by Gasteiger charge is 2.16. The van der Waals surface area contributed by atoms with Gasteiger partial charge in [0.25, 0.3) is 10.0 Å². The minimum atomic E-state index is -3.57. The van der Waals surface area contributed by atoms with E-state index in [9.17, 15) is 8.42 Å². The summed E-state index contributed by atoms with van der Waals surface area (Å²) in [6.07, 6.45) is 1.63. The van der Waals surface area contributed by atoms with Gasteiger partial charge in [0, 0.05) is 36.1 Å². The Morgan fingerprint density at radius 3 is 2.40 bits per heavy atom. The number of piperidine rings is 1. The van der Waals surface area contributed by atoms with E-state index in [1.807, 2.05) is 0 Å². The number of hydrogen-bond acceptors (Lipinski definition) is 4. The first kappa shape index (κ1) is 15.5. The normalized spacial score (nSPS) is 17.0. The highest BCUT2D eigenvalue weighted by Crippen LogP contribution is 2.14. The summed E-state index contributed by atoms with van der Waals surface area (Å²) in [5.41, 5.74) is 0.912. The van der Waals surface area contributed by atoms with Crippen LogP contribution in [0.1, 0.15) is 19.8 Å². The van der Waals surface area contributed by atoms with E-state index in [-0.39, 0.29) is 4.90 Å². The Labute approximate surface area is 128 Å². The zero-order chi connectivity index (χ0) is 14.6. The van der Waals surface area contributed by atoms with Crippen LogP contribution < -0.4 is 4.83 Å². The molecule has 0 aliphatic carbocycles.